The lowest BCUT2D eigenvalue weighted by Crippen LogP contribution is -2.45. The Morgan fingerprint density at radius 3 is 1.31 bits per heavy atom. The van der Waals surface area contributed by atoms with Gasteiger partial charge in [-0.25, -0.2) is 9.59 Å². The molecule has 2 N–H and O–H groups in total. The van der Waals surface area contributed by atoms with Gasteiger partial charge in [0.15, 0.2) is 4.93 Å². The number of nitrogens with one attached hydrogen (secondary N) is 1. The number of ether oxygens (including phenoxy) is 3. The molecule has 0 saturated heterocycles. The zero-order valence-electron chi connectivity index (χ0n) is 33.8. The van der Waals surface area contributed by atoms with Crippen molar-refractivity contribution >= 4 is 70.6 Å². The van der Waals surface area contributed by atoms with Crippen LogP contribution >= 0.6 is 46.6 Å². The minimum Gasteiger partial charge on any atom is -0.480 e. The number of unbranched alkanes of at least 4 members (excludes halogenated alkanes) is 24. The molecule has 0 aromatic carbocycles. The highest BCUT2D eigenvalue weighted by molar-refractivity contribution is 8.00. The van der Waals surface area contributed by atoms with E-state index in [1.807, 2.05) is 0 Å². The highest BCUT2D eigenvalue weighted by atomic mass is 35.6. The lowest BCUT2D eigenvalue weighted by Gasteiger charge is -2.29. The minimum atomic E-state index is -1.86. The number of thioether (sulfide) groups is 1. The maximum absolute atomic E-state index is 12.9. The maximum atomic E-state index is 12.9. The van der Waals surface area contributed by atoms with Gasteiger partial charge in [-0.1, -0.05) is 203 Å². The maximum Gasteiger partial charge on any atom is 0.408 e. The summed E-state index contributed by atoms with van der Waals surface area (Å²) in [6.07, 6.45) is 30.4. The van der Waals surface area contributed by atoms with Crippen molar-refractivity contribution < 1.29 is 38.5 Å². The van der Waals surface area contributed by atoms with E-state index in [9.17, 15) is 24.3 Å². The second-order valence-electron chi connectivity index (χ2n) is 14.8. The summed E-state index contributed by atoms with van der Waals surface area (Å²) in [5, 5.41) is 11.9. The smallest absolute Gasteiger partial charge is 0.408 e. The van der Waals surface area contributed by atoms with E-state index in [0.717, 1.165) is 50.3 Å². The van der Waals surface area contributed by atoms with Crippen molar-refractivity contribution in [3.8, 4) is 0 Å². The van der Waals surface area contributed by atoms with Crippen molar-refractivity contribution in [2.45, 2.75) is 215 Å². The summed E-state index contributed by atoms with van der Waals surface area (Å²) in [4.78, 5) is 48.3. The molecule has 0 spiro atoms. The molecule has 0 rings (SSSR count). The van der Waals surface area contributed by atoms with Crippen LogP contribution in [-0.2, 0) is 28.6 Å². The van der Waals surface area contributed by atoms with E-state index >= 15 is 0 Å². The highest BCUT2D eigenvalue weighted by Gasteiger charge is 2.35. The van der Waals surface area contributed by atoms with Gasteiger partial charge in [0.05, 0.1) is 0 Å². The second kappa shape index (κ2) is 35.1. The van der Waals surface area contributed by atoms with Gasteiger partial charge in [0.1, 0.15) is 19.3 Å². The van der Waals surface area contributed by atoms with Gasteiger partial charge in [-0.05, 0) is 19.8 Å². The van der Waals surface area contributed by atoms with Crippen LogP contribution in [0.2, 0.25) is 0 Å². The normalized spacial score (nSPS) is 13.2. The number of carboxylic acid groups (broad SMARTS) is 1. The van der Waals surface area contributed by atoms with Gasteiger partial charge in [0.2, 0.25) is 3.79 Å². The number of halogens is 3. The molecule has 0 unspecified atom stereocenters. The van der Waals surface area contributed by atoms with Crippen LogP contribution in [-0.4, -0.2) is 62.8 Å². The molecule has 318 valence electrons. The van der Waals surface area contributed by atoms with Gasteiger partial charge in [-0.15, -0.1) is 11.8 Å². The summed E-state index contributed by atoms with van der Waals surface area (Å²) in [6.45, 7) is 5.22. The molecule has 0 aliphatic carbocycles. The average Bonchev–Trinajstić information content (AvgIpc) is 3.11. The number of alkyl halides is 3. The van der Waals surface area contributed by atoms with E-state index in [4.69, 9.17) is 49.0 Å². The molecule has 0 bridgehead atoms. The number of rotatable bonds is 37. The van der Waals surface area contributed by atoms with Gasteiger partial charge in [-0.3, -0.25) is 9.59 Å². The van der Waals surface area contributed by atoms with Gasteiger partial charge in [0, 0.05) is 18.6 Å². The quantitative estimate of drug-likeness (QED) is 0.0206. The van der Waals surface area contributed by atoms with Crippen LogP contribution in [0.4, 0.5) is 4.79 Å². The lowest BCUT2D eigenvalue weighted by atomic mass is 10.0. The predicted octanol–water partition coefficient (Wildman–Crippen LogP) is 13.0. The summed E-state index contributed by atoms with van der Waals surface area (Å²) in [5.74, 6) is -2.41. The summed E-state index contributed by atoms with van der Waals surface area (Å²) in [6, 6.07) is -1.42. The molecule has 9 nitrogen and oxygen atoms in total. The van der Waals surface area contributed by atoms with E-state index in [-0.39, 0.29) is 25.2 Å². The van der Waals surface area contributed by atoms with E-state index in [1.54, 1.807) is 6.92 Å². The fourth-order valence-electron chi connectivity index (χ4n) is 6.02. The Hall–Kier alpha value is -1.10. The van der Waals surface area contributed by atoms with Gasteiger partial charge in [0.25, 0.3) is 0 Å². The van der Waals surface area contributed by atoms with Crippen LogP contribution in [0.3, 0.4) is 0 Å². The Kier molecular flexibility index (Phi) is 34.4. The molecule has 2 atom stereocenters. The summed E-state index contributed by atoms with van der Waals surface area (Å²) in [7, 11) is 0. The molecule has 1 amide bonds. The number of carbonyl (C=O) groups is 4. The Morgan fingerprint density at radius 1 is 0.574 bits per heavy atom. The molecule has 0 aliphatic rings. The predicted molar refractivity (Wildman–Crippen MR) is 225 cm³/mol. The monoisotopic (exact) mass is 845 g/mol. The van der Waals surface area contributed by atoms with Crippen molar-refractivity contribution in [1.82, 2.24) is 5.32 Å². The fraction of sp³-hybridized carbons (Fsp3) is 0.902. The highest BCUT2D eigenvalue weighted by Crippen LogP contribution is 2.30. The lowest BCUT2D eigenvalue weighted by molar-refractivity contribution is -0.161. The van der Waals surface area contributed by atoms with Crippen LogP contribution in [0.5, 0.6) is 0 Å². The number of carbonyl (C=O) groups excluding carboxylic acids is 3. The summed E-state index contributed by atoms with van der Waals surface area (Å²) in [5.41, 5.74) is 0. The summed E-state index contributed by atoms with van der Waals surface area (Å²) < 4.78 is 14.3. The molecular weight excluding hydrogens is 773 g/mol. The largest absolute Gasteiger partial charge is 0.480 e. The number of amides is 1. The van der Waals surface area contributed by atoms with Crippen LogP contribution < -0.4 is 5.32 Å². The number of hydrogen-bond donors (Lipinski definition) is 2. The molecule has 0 radical (unpaired) electrons. The van der Waals surface area contributed by atoms with Gasteiger partial charge in [-0.2, -0.15) is 0 Å². The number of aliphatic carboxylic acids is 1. The number of esters is 2. The van der Waals surface area contributed by atoms with E-state index in [2.05, 4.69) is 19.2 Å². The van der Waals surface area contributed by atoms with Crippen molar-refractivity contribution in [3.05, 3.63) is 0 Å². The van der Waals surface area contributed by atoms with E-state index in [1.165, 1.54) is 116 Å². The second-order valence-corrected chi connectivity index (χ2v) is 18.8. The first-order chi connectivity index (χ1) is 25.8. The average molecular weight is 847 g/mol. The third-order valence-electron chi connectivity index (χ3n) is 9.31. The Balaban J connectivity index is 4.75. The molecule has 0 aliphatic heterocycles. The zero-order valence-corrected chi connectivity index (χ0v) is 36.9. The molecule has 13 heteroatoms. The first kappa shape index (κ1) is 52.9. The number of alkyl carbamates (subject to hydrolysis) is 1. The molecule has 0 saturated carbocycles. The first-order valence-electron chi connectivity index (χ1n) is 21.1. The molecule has 0 heterocycles. The standard InChI is InChI=1S/C41H74Cl3NO8S/c1-4-6-8-10-12-14-16-18-20-22-24-26-28-30-36(46)51-33-40(3,54-32-35(38(48)49)45-39(50)52-34-41(42,43)44)53-37(47)31-29-27-25-23-21-19-17-15-13-11-9-7-5-2/h35H,4-34H2,1-3H3,(H,45,50)(H,48,49)/t35-,40+/m0/s1. The van der Waals surface area contributed by atoms with Crippen molar-refractivity contribution in [2.75, 3.05) is 19.0 Å². The minimum absolute atomic E-state index is 0.199. The Bertz CT molecular complexity index is 971. The third-order valence-corrected chi connectivity index (χ3v) is 10.9. The SMILES string of the molecule is CCCCCCCCCCCCCCCC(=O)OC[C@](C)(OC(=O)CCCCCCCCCCCCCCC)SC[C@H](NC(=O)OCC(Cl)(Cl)Cl)C(=O)O. The van der Waals surface area contributed by atoms with Crippen LogP contribution in [0.1, 0.15) is 201 Å². The van der Waals surface area contributed by atoms with Gasteiger partial charge < -0.3 is 24.6 Å². The number of carboxylic acids is 1. The summed E-state index contributed by atoms with van der Waals surface area (Å²) >= 11 is 17.8. The topological polar surface area (TPSA) is 128 Å². The van der Waals surface area contributed by atoms with Gasteiger partial charge >= 0.3 is 24.0 Å². The van der Waals surface area contributed by atoms with Crippen molar-refractivity contribution in [3.63, 3.8) is 0 Å². The van der Waals surface area contributed by atoms with Crippen LogP contribution in [0.15, 0.2) is 0 Å². The molecule has 54 heavy (non-hydrogen) atoms. The Morgan fingerprint density at radius 2 is 0.944 bits per heavy atom. The molecule has 0 aromatic heterocycles. The van der Waals surface area contributed by atoms with Crippen molar-refractivity contribution in [1.29, 1.82) is 0 Å². The molecule has 0 fully saturated rings. The van der Waals surface area contributed by atoms with E-state index < -0.39 is 45.4 Å². The van der Waals surface area contributed by atoms with Crippen LogP contribution in [0.25, 0.3) is 0 Å². The third kappa shape index (κ3) is 35.3. The first-order valence-corrected chi connectivity index (χ1v) is 23.2. The molecular formula is C41H74Cl3NO8S. The van der Waals surface area contributed by atoms with Crippen LogP contribution in [0, 0.1) is 0 Å². The zero-order chi connectivity index (χ0) is 40.3. The molecule has 0 aromatic rings. The fourth-order valence-corrected chi connectivity index (χ4v) is 7.22. The van der Waals surface area contributed by atoms with Crippen molar-refractivity contribution in [2.24, 2.45) is 0 Å². The van der Waals surface area contributed by atoms with E-state index in [0.29, 0.717) is 12.8 Å². The Labute approximate surface area is 347 Å². The number of hydrogen-bond acceptors (Lipinski definition) is 8.